The number of hydrogen-bond donors (Lipinski definition) is 1. The standard InChI is InChI=1S/C10H9BrN2O2S/c1-8(11)7-13-16(14,15)10-4-2-9(6-12)3-5-10/h2-5,13H,1,7H2. The van der Waals surface area contributed by atoms with Gasteiger partial charge in [0.05, 0.1) is 16.5 Å². The van der Waals surface area contributed by atoms with E-state index in [1.54, 1.807) is 0 Å². The van der Waals surface area contributed by atoms with Crippen LogP contribution < -0.4 is 4.72 Å². The number of nitrogens with zero attached hydrogens (tertiary/aromatic N) is 1. The Kier molecular flexibility index (Phi) is 4.24. The van der Waals surface area contributed by atoms with Crippen LogP contribution in [0.5, 0.6) is 0 Å². The normalized spacial score (nSPS) is 10.8. The van der Waals surface area contributed by atoms with Gasteiger partial charge in [0, 0.05) is 11.0 Å². The Labute approximate surface area is 103 Å². The van der Waals surface area contributed by atoms with Crippen molar-refractivity contribution in [2.24, 2.45) is 0 Å². The molecule has 1 N–H and O–H groups in total. The highest BCUT2D eigenvalue weighted by Crippen LogP contribution is 2.10. The van der Waals surface area contributed by atoms with Crippen molar-refractivity contribution in [3.63, 3.8) is 0 Å². The maximum atomic E-state index is 11.7. The molecule has 0 bridgehead atoms. The van der Waals surface area contributed by atoms with Crippen molar-refractivity contribution in [2.45, 2.75) is 4.90 Å². The zero-order chi connectivity index (χ0) is 12.2. The lowest BCUT2D eigenvalue weighted by Crippen LogP contribution is -2.24. The van der Waals surface area contributed by atoms with E-state index in [9.17, 15) is 8.42 Å². The average Bonchev–Trinajstić information content (AvgIpc) is 2.27. The Bertz CT molecular complexity index is 529. The zero-order valence-electron chi connectivity index (χ0n) is 8.27. The van der Waals surface area contributed by atoms with Crippen molar-refractivity contribution in [2.75, 3.05) is 6.54 Å². The fourth-order valence-electron chi connectivity index (χ4n) is 0.965. The molecule has 4 nitrogen and oxygen atoms in total. The minimum Gasteiger partial charge on any atom is -0.207 e. The van der Waals surface area contributed by atoms with Gasteiger partial charge in [0.1, 0.15) is 0 Å². The van der Waals surface area contributed by atoms with E-state index in [0.29, 0.717) is 10.0 Å². The van der Waals surface area contributed by atoms with Gasteiger partial charge in [-0.1, -0.05) is 22.5 Å². The topological polar surface area (TPSA) is 70.0 Å². The summed E-state index contributed by atoms with van der Waals surface area (Å²) in [6.45, 7) is 3.65. The number of nitriles is 1. The molecule has 0 saturated carbocycles. The lowest BCUT2D eigenvalue weighted by Gasteiger charge is -2.05. The van der Waals surface area contributed by atoms with Crippen LogP contribution in [-0.2, 0) is 10.0 Å². The second-order valence-corrected chi connectivity index (χ2v) is 5.87. The van der Waals surface area contributed by atoms with Crippen molar-refractivity contribution in [3.8, 4) is 6.07 Å². The summed E-state index contributed by atoms with van der Waals surface area (Å²) < 4.78 is 26.3. The summed E-state index contributed by atoms with van der Waals surface area (Å²) in [7, 11) is -3.53. The van der Waals surface area contributed by atoms with Crippen molar-refractivity contribution >= 4 is 26.0 Å². The van der Waals surface area contributed by atoms with E-state index in [0.717, 1.165) is 0 Å². The Balaban J connectivity index is 2.91. The van der Waals surface area contributed by atoms with Crippen LogP contribution in [0.3, 0.4) is 0 Å². The predicted octanol–water partition coefficient (Wildman–Crippen LogP) is 1.75. The quantitative estimate of drug-likeness (QED) is 0.921. The predicted molar refractivity (Wildman–Crippen MR) is 64.4 cm³/mol. The van der Waals surface area contributed by atoms with Gasteiger partial charge in [-0.15, -0.1) is 0 Å². The smallest absolute Gasteiger partial charge is 0.207 e. The molecule has 0 aromatic heterocycles. The molecule has 0 aliphatic carbocycles. The van der Waals surface area contributed by atoms with E-state index in [4.69, 9.17) is 5.26 Å². The highest BCUT2D eigenvalue weighted by atomic mass is 79.9. The second kappa shape index (κ2) is 5.25. The highest BCUT2D eigenvalue weighted by molar-refractivity contribution is 9.11. The molecule has 1 aromatic rings. The molecule has 16 heavy (non-hydrogen) atoms. The Morgan fingerprint density at radius 3 is 2.44 bits per heavy atom. The summed E-state index contributed by atoms with van der Waals surface area (Å²) in [6, 6.07) is 7.60. The molecule has 0 atom stereocenters. The SMILES string of the molecule is C=C(Br)CNS(=O)(=O)c1ccc(C#N)cc1. The van der Waals surface area contributed by atoms with Crippen LogP contribution in [0.15, 0.2) is 40.2 Å². The summed E-state index contributed by atoms with van der Waals surface area (Å²) in [6.07, 6.45) is 0. The number of rotatable bonds is 4. The van der Waals surface area contributed by atoms with Crippen LogP contribution in [0.1, 0.15) is 5.56 Å². The Hall–Kier alpha value is -1.16. The molecule has 0 unspecified atom stereocenters. The van der Waals surface area contributed by atoms with Crippen molar-refractivity contribution in [3.05, 3.63) is 40.9 Å². The van der Waals surface area contributed by atoms with Crippen LogP contribution in [-0.4, -0.2) is 15.0 Å². The molecule has 0 aliphatic rings. The fourth-order valence-corrected chi connectivity index (χ4v) is 2.32. The molecule has 0 aliphatic heterocycles. The number of halogens is 1. The fraction of sp³-hybridized carbons (Fsp3) is 0.100. The number of nitrogens with one attached hydrogen (secondary N) is 1. The summed E-state index contributed by atoms with van der Waals surface area (Å²) in [5.74, 6) is 0. The van der Waals surface area contributed by atoms with Crippen LogP contribution in [0.4, 0.5) is 0 Å². The first kappa shape index (κ1) is 12.9. The third-order valence-electron chi connectivity index (χ3n) is 1.75. The van der Waals surface area contributed by atoms with Gasteiger partial charge in [-0.2, -0.15) is 5.26 Å². The first-order valence-corrected chi connectivity index (χ1v) is 6.56. The monoisotopic (exact) mass is 300 g/mol. The van der Waals surface area contributed by atoms with Gasteiger partial charge in [0.15, 0.2) is 0 Å². The third-order valence-corrected chi connectivity index (χ3v) is 3.45. The van der Waals surface area contributed by atoms with Crippen molar-refractivity contribution in [1.29, 1.82) is 5.26 Å². The van der Waals surface area contributed by atoms with Gasteiger partial charge in [-0.05, 0) is 24.3 Å². The molecule has 0 fully saturated rings. The second-order valence-electron chi connectivity index (χ2n) is 2.98. The van der Waals surface area contributed by atoms with E-state index >= 15 is 0 Å². The Morgan fingerprint density at radius 2 is 2.00 bits per heavy atom. The number of sulfonamides is 1. The van der Waals surface area contributed by atoms with Crippen molar-refractivity contribution < 1.29 is 8.42 Å². The van der Waals surface area contributed by atoms with E-state index in [1.807, 2.05) is 6.07 Å². The van der Waals surface area contributed by atoms with Crippen LogP contribution >= 0.6 is 15.9 Å². The van der Waals surface area contributed by atoms with Crippen LogP contribution in [0.25, 0.3) is 0 Å². The Morgan fingerprint density at radius 1 is 1.44 bits per heavy atom. The van der Waals surface area contributed by atoms with Crippen molar-refractivity contribution in [1.82, 2.24) is 4.72 Å². The van der Waals surface area contributed by atoms with Gasteiger partial charge in [0.25, 0.3) is 0 Å². The highest BCUT2D eigenvalue weighted by Gasteiger charge is 2.12. The molecule has 0 spiro atoms. The zero-order valence-corrected chi connectivity index (χ0v) is 10.7. The molecule has 0 amide bonds. The molecule has 0 heterocycles. The van der Waals surface area contributed by atoms with Gasteiger partial charge in [-0.25, -0.2) is 13.1 Å². The van der Waals surface area contributed by atoms with E-state index in [-0.39, 0.29) is 11.4 Å². The van der Waals surface area contributed by atoms with Crippen LogP contribution in [0, 0.1) is 11.3 Å². The average molecular weight is 301 g/mol. The minimum absolute atomic E-state index is 0.125. The van der Waals surface area contributed by atoms with E-state index in [2.05, 4.69) is 27.2 Å². The summed E-state index contributed by atoms with van der Waals surface area (Å²) in [5.41, 5.74) is 0.420. The molecule has 0 radical (unpaired) electrons. The molecular weight excluding hydrogens is 292 g/mol. The first-order valence-electron chi connectivity index (χ1n) is 4.29. The summed E-state index contributed by atoms with van der Waals surface area (Å²) in [4.78, 5) is 0.125. The number of benzene rings is 1. The maximum absolute atomic E-state index is 11.7. The van der Waals surface area contributed by atoms with Gasteiger partial charge >= 0.3 is 0 Å². The molecule has 84 valence electrons. The number of hydrogen-bond acceptors (Lipinski definition) is 3. The van der Waals surface area contributed by atoms with Gasteiger partial charge in [0.2, 0.25) is 10.0 Å². The maximum Gasteiger partial charge on any atom is 0.240 e. The van der Waals surface area contributed by atoms with Gasteiger partial charge < -0.3 is 0 Å². The van der Waals surface area contributed by atoms with Crippen LogP contribution in [0.2, 0.25) is 0 Å². The molecular formula is C10H9BrN2O2S. The molecule has 6 heteroatoms. The summed E-state index contributed by atoms with van der Waals surface area (Å²) >= 11 is 3.06. The molecule has 0 saturated heterocycles. The van der Waals surface area contributed by atoms with E-state index in [1.165, 1.54) is 24.3 Å². The summed E-state index contributed by atoms with van der Waals surface area (Å²) in [5, 5.41) is 8.57. The molecule has 1 rings (SSSR count). The van der Waals surface area contributed by atoms with Gasteiger partial charge in [-0.3, -0.25) is 0 Å². The largest absolute Gasteiger partial charge is 0.240 e. The minimum atomic E-state index is -3.53. The third kappa shape index (κ3) is 3.45. The first-order chi connectivity index (χ1) is 7.45. The lowest BCUT2D eigenvalue weighted by atomic mass is 10.2. The van der Waals surface area contributed by atoms with E-state index < -0.39 is 10.0 Å². The lowest BCUT2D eigenvalue weighted by molar-refractivity contribution is 0.585. The molecule has 1 aromatic carbocycles.